The maximum absolute atomic E-state index is 13.5. The Morgan fingerprint density at radius 1 is 1.30 bits per heavy atom. The predicted molar refractivity (Wildman–Crippen MR) is 80.4 cm³/mol. The van der Waals surface area contributed by atoms with E-state index >= 15 is 0 Å². The number of likely N-dealkylation sites (N-methyl/N-ethyl adjacent to an activating group) is 1. The maximum atomic E-state index is 13.5. The molecule has 112 valence electrons. The third-order valence-corrected chi connectivity index (χ3v) is 4.46. The molecule has 1 aliphatic rings. The van der Waals surface area contributed by atoms with Crippen molar-refractivity contribution in [3.8, 4) is 0 Å². The van der Waals surface area contributed by atoms with Crippen molar-refractivity contribution in [1.29, 1.82) is 0 Å². The van der Waals surface area contributed by atoms with Crippen molar-refractivity contribution in [3.63, 3.8) is 0 Å². The minimum Gasteiger partial charge on any atom is -0.373 e. The van der Waals surface area contributed by atoms with E-state index in [1.54, 1.807) is 6.07 Å². The molecule has 0 heterocycles. The van der Waals surface area contributed by atoms with Gasteiger partial charge in [-0.3, -0.25) is 0 Å². The first-order valence-electron chi connectivity index (χ1n) is 7.70. The first-order chi connectivity index (χ1) is 9.63. The fourth-order valence-electron chi connectivity index (χ4n) is 3.53. The lowest BCUT2D eigenvalue weighted by Crippen LogP contribution is -2.46. The highest BCUT2D eigenvalue weighted by Crippen LogP contribution is 2.41. The molecule has 1 aromatic carbocycles. The zero-order chi connectivity index (χ0) is 14.6. The topological polar surface area (TPSA) is 21.3 Å². The van der Waals surface area contributed by atoms with E-state index in [9.17, 15) is 4.39 Å². The van der Waals surface area contributed by atoms with Crippen LogP contribution in [-0.2, 0) is 4.74 Å². The SMILES string of the molecule is CCOC1(C(NC)c2ccc(F)c(C)c2)CCCCC1. The highest BCUT2D eigenvalue weighted by atomic mass is 19.1. The number of halogens is 1. The minimum atomic E-state index is -0.147. The molecule has 0 spiro atoms. The number of aryl methyl sites for hydroxylation is 1. The Labute approximate surface area is 121 Å². The molecular formula is C17H26FNO. The average molecular weight is 279 g/mol. The monoisotopic (exact) mass is 279 g/mol. The molecule has 1 aromatic rings. The zero-order valence-corrected chi connectivity index (χ0v) is 12.8. The summed E-state index contributed by atoms with van der Waals surface area (Å²) < 4.78 is 19.7. The lowest BCUT2D eigenvalue weighted by atomic mass is 9.76. The summed E-state index contributed by atoms with van der Waals surface area (Å²) in [5.74, 6) is -0.141. The second kappa shape index (κ2) is 6.68. The first kappa shape index (κ1) is 15.5. The van der Waals surface area contributed by atoms with Crippen LogP contribution in [0.25, 0.3) is 0 Å². The van der Waals surface area contributed by atoms with Crippen molar-refractivity contribution in [1.82, 2.24) is 5.32 Å². The average Bonchev–Trinajstić information content (AvgIpc) is 2.45. The van der Waals surface area contributed by atoms with Crippen molar-refractivity contribution in [2.24, 2.45) is 0 Å². The van der Waals surface area contributed by atoms with Gasteiger partial charge in [-0.2, -0.15) is 0 Å². The second-order valence-corrected chi connectivity index (χ2v) is 5.79. The molecule has 0 aromatic heterocycles. The molecule has 0 radical (unpaired) electrons. The first-order valence-corrected chi connectivity index (χ1v) is 7.70. The van der Waals surface area contributed by atoms with E-state index in [0.717, 1.165) is 25.0 Å². The van der Waals surface area contributed by atoms with Gasteiger partial charge in [0.05, 0.1) is 11.6 Å². The van der Waals surface area contributed by atoms with Crippen LogP contribution in [0.15, 0.2) is 18.2 Å². The number of rotatable bonds is 5. The van der Waals surface area contributed by atoms with Gasteiger partial charge in [-0.15, -0.1) is 0 Å². The van der Waals surface area contributed by atoms with Crippen LogP contribution in [0.5, 0.6) is 0 Å². The number of benzene rings is 1. The molecule has 1 saturated carbocycles. The fraction of sp³-hybridized carbons (Fsp3) is 0.647. The number of nitrogens with one attached hydrogen (secondary N) is 1. The van der Waals surface area contributed by atoms with Crippen LogP contribution in [0.3, 0.4) is 0 Å². The molecule has 0 bridgehead atoms. The van der Waals surface area contributed by atoms with Crippen LogP contribution >= 0.6 is 0 Å². The molecular weight excluding hydrogens is 253 g/mol. The summed E-state index contributed by atoms with van der Waals surface area (Å²) in [6, 6.07) is 5.53. The van der Waals surface area contributed by atoms with Gasteiger partial charge < -0.3 is 10.1 Å². The Bertz CT molecular complexity index is 435. The van der Waals surface area contributed by atoms with Crippen LogP contribution in [-0.4, -0.2) is 19.3 Å². The lowest BCUT2D eigenvalue weighted by molar-refractivity contribution is -0.0898. The molecule has 3 heteroatoms. The predicted octanol–water partition coefficient (Wildman–Crippen LogP) is 4.13. The largest absolute Gasteiger partial charge is 0.373 e. The van der Waals surface area contributed by atoms with Crippen LogP contribution in [0.1, 0.15) is 56.2 Å². The van der Waals surface area contributed by atoms with Gasteiger partial charge in [0.15, 0.2) is 0 Å². The van der Waals surface area contributed by atoms with E-state index in [0.29, 0.717) is 5.56 Å². The van der Waals surface area contributed by atoms with Crippen molar-refractivity contribution in [3.05, 3.63) is 35.1 Å². The normalized spacial score (nSPS) is 19.8. The van der Waals surface area contributed by atoms with Crippen molar-refractivity contribution < 1.29 is 9.13 Å². The van der Waals surface area contributed by atoms with E-state index < -0.39 is 0 Å². The van der Waals surface area contributed by atoms with E-state index in [1.807, 2.05) is 26.1 Å². The lowest BCUT2D eigenvalue weighted by Gasteiger charge is -2.43. The van der Waals surface area contributed by atoms with Gasteiger partial charge in [0.1, 0.15) is 5.82 Å². The number of ether oxygens (including phenoxy) is 1. The molecule has 1 atom stereocenters. The highest BCUT2D eigenvalue weighted by Gasteiger charge is 2.40. The number of hydrogen-bond acceptors (Lipinski definition) is 2. The quantitative estimate of drug-likeness (QED) is 0.875. The molecule has 1 N–H and O–H groups in total. The van der Waals surface area contributed by atoms with E-state index in [1.165, 1.54) is 19.3 Å². The summed E-state index contributed by atoms with van der Waals surface area (Å²) in [5.41, 5.74) is 1.68. The van der Waals surface area contributed by atoms with Gasteiger partial charge in [0, 0.05) is 6.61 Å². The van der Waals surface area contributed by atoms with E-state index in [2.05, 4.69) is 12.2 Å². The summed E-state index contributed by atoms with van der Waals surface area (Å²) >= 11 is 0. The molecule has 1 unspecified atom stereocenters. The molecule has 1 fully saturated rings. The summed E-state index contributed by atoms with van der Waals surface area (Å²) in [7, 11) is 1.97. The van der Waals surface area contributed by atoms with Crippen LogP contribution in [0.2, 0.25) is 0 Å². The molecule has 2 rings (SSSR count). The maximum Gasteiger partial charge on any atom is 0.126 e. The Kier molecular flexibility index (Phi) is 5.17. The summed E-state index contributed by atoms with van der Waals surface area (Å²) in [6.07, 6.45) is 5.84. The van der Waals surface area contributed by atoms with Gasteiger partial charge in [0.2, 0.25) is 0 Å². The Morgan fingerprint density at radius 2 is 2.00 bits per heavy atom. The highest BCUT2D eigenvalue weighted by molar-refractivity contribution is 5.29. The Hall–Kier alpha value is -0.930. The van der Waals surface area contributed by atoms with Crippen molar-refractivity contribution >= 4 is 0 Å². The summed E-state index contributed by atoms with van der Waals surface area (Å²) in [6.45, 7) is 4.59. The van der Waals surface area contributed by atoms with Crippen LogP contribution in [0.4, 0.5) is 4.39 Å². The third kappa shape index (κ3) is 3.04. The summed E-state index contributed by atoms with van der Waals surface area (Å²) in [4.78, 5) is 0. The molecule has 0 amide bonds. The molecule has 0 aliphatic heterocycles. The molecule has 20 heavy (non-hydrogen) atoms. The second-order valence-electron chi connectivity index (χ2n) is 5.79. The standard InChI is InChI=1S/C17H26FNO/c1-4-20-17(10-6-5-7-11-17)16(19-3)14-8-9-15(18)13(2)12-14/h8-9,12,16,19H,4-7,10-11H2,1-3H3. The van der Waals surface area contributed by atoms with Crippen molar-refractivity contribution in [2.75, 3.05) is 13.7 Å². The number of hydrogen-bond donors (Lipinski definition) is 1. The van der Waals surface area contributed by atoms with Gasteiger partial charge in [-0.1, -0.05) is 31.4 Å². The molecule has 0 saturated heterocycles. The van der Waals surface area contributed by atoms with Gasteiger partial charge >= 0.3 is 0 Å². The Balaban J connectivity index is 2.34. The molecule has 1 aliphatic carbocycles. The minimum absolute atomic E-state index is 0.127. The molecule has 2 nitrogen and oxygen atoms in total. The van der Waals surface area contributed by atoms with Crippen LogP contribution in [0, 0.1) is 12.7 Å². The van der Waals surface area contributed by atoms with Gasteiger partial charge in [0.25, 0.3) is 0 Å². The van der Waals surface area contributed by atoms with Gasteiger partial charge in [-0.25, -0.2) is 4.39 Å². The Morgan fingerprint density at radius 3 is 2.55 bits per heavy atom. The third-order valence-electron chi connectivity index (χ3n) is 4.46. The zero-order valence-electron chi connectivity index (χ0n) is 12.8. The van der Waals surface area contributed by atoms with Gasteiger partial charge in [-0.05, 0) is 50.9 Å². The smallest absolute Gasteiger partial charge is 0.126 e. The van der Waals surface area contributed by atoms with Crippen molar-refractivity contribution in [2.45, 2.75) is 57.6 Å². The van der Waals surface area contributed by atoms with Crippen LogP contribution < -0.4 is 5.32 Å². The fourth-order valence-corrected chi connectivity index (χ4v) is 3.53. The summed E-state index contributed by atoms with van der Waals surface area (Å²) in [5, 5.41) is 3.41. The van der Waals surface area contributed by atoms with E-state index in [-0.39, 0.29) is 17.5 Å². The van der Waals surface area contributed by atoms with E-state index in [4.69, 9.17) is 4.74 Å².